The van der Waals surface area contributed by atoms with Gasteiger partial charge in [-0.05, 0) is 56.4 Å². The highest BCUT2D eigenvalue weighted by molar-refractivity contribution is 7.89. The molecule has 1 aliphatic rings. The molecule has 0 radical (unpaired) electrons. The number of hydrogen-bond acceptors (Lipinski definition) is 5. The maximum atomic E-state index is 13.1. The number of aryl methyl sites for hydroxylation is 2. The van der Waals surface area contributed by atoms with E-state index in [1.54, 1.807) is 13.8 Å². The van der Waals surface area contributed by atoms with Crippen molar-refractivity contribution in [2.24, 2.45) is 0 Å². The maximum absolute atomic E-state index is 13.1. The predicted molar refractivity (Wildman–Crippen MR) is 102 cm³/mol. The van der Waals surface area contributed by atoms with Crippen molar-refractivity contribution in [3.8, 4) is 5.75 Å². The van der Waals surface area contributed by atoms with E-state index in [0.717, 1.165) is 19.3 Å². The molecule has 1 unspecified atom stereocenters. The molecule has 1 atom stereocenters. The lowest BCUT2D eigenvalue weighted by atomic mass is 10.0. The molecule has 0 aliphatic carbocycles. The van der Waals surface area contributed by atoms with Crippen molar-refractivity contribution in [1.82, 2.24) is 4.31 Å². The van der Waals surface area contributed by atoms with Crippen LogP contribution in [0.25, 0.3) is 0 Å². The van der Waals surface area contributed by atoms with Gasteiger partial charge in [0, 0.05) is 19.0 Å². The Morgan fingerprint density at radius 1 is 1.23 bits per heavy atom. The van der Waals surface area contributed by atoms with Gasteiger partial charge in [-0.1, -0.05) is 20.3 Å². The molecule has 1 fully saturated rings. The van der Waals surface area contributed by atoms with Crippen molar-refractivity contribution in [1.29, 1.82) is 0 Å². The molecule has 0 bridgehead atoms. The molecule has 6 nitrogen and oxygen atoms in total. The second kappa shape index (κ2) is 9.92. The van der Waals surface area contributed by atoms with E-state index in [2.05, 4.69) is 4.74 Å². The van der Waals surface area contributed by atoms with Crippen molar-refractivity contribution >= 4 is 16.0 Å². The molecule has 2 rings (SSSR count). The lowest BCUT2D eigenvalue weighted by molar-refractivity contribution is -0.141. The van der Waals surface area contributed by atoms with Crippen LogP contribution in [0.4, 0.5) is 0 Å². The van der Waals surface area contributed by atoms with Crippen molar-refractivity contribution in [3.05, 3.63) is 23.3 Å². The van der Waals surface area contributed by atoms with E-state index in [1.807, 2.05) is 13.8 Å². The van der Waals surface area contributed by atoms with Gasteiger partial charge in [0.25, 0.3) is 0 Å². The van der Waals surface area contributed by atoms with Gasteiger partial charge in [0.15, 0.2) is 0 Å². The first kappa shape index (κ1) is 22.4. The lowest BCUT2D eigenvalue weighted by Gasteiger charge is -2.35. The maximum Gasteiger partial charge on any atom is 0.305 e. The largest absolute Gasteiger partial charge is 0.508 e. The summed E-state index contributed by atoms with van der Waals surface area (Å²) >= 11 is 0. The molecule has 1 aliphatic heterocycles. The Labute approximate surface area is 157 Å². The van der Waals surface area contributed by atoms with Crippen LogP contribution in [-0.2, 0) is 19.6 Å². The van der Waals surface area contributed by atoms with E-state index < -0.39 is 10.0 Å². The lowest BCUT2D eigenvalue weighted by Crippen LogP contribution is -2.44. The third-order valence-electron chi connectivity index (χ3n) is 4.56. The highest BCUT2D eigenvalue weighted by Crippen LogP contribution is 2.31. The first-order valence-electron chi connectivity index (χ1n) is 9.16. The average molecular weight is 386 g/mol. The Hall–Kier alpha value is -1.60. The quantitative estimate of drug-likeness (QED) is 0.784. The predicted octanol–water partition coefficient (Wildman–Crippen LogP) is 3.53. The number of rotatable bonds is 5. The number of aromatic hydroxyl groups is 1. The molecule has 1 saturated heterocycles. The van der Waals surface area contributed by atoms with Gasteiger partial charge >= 0.3 is 5.97 Å². The molecular formula is C19H31NO5S. The molecule has 0 amide bonds. The van der Waals surface area contributed by atoms with Crippen LogP contribution in [0.15, 0.2) is 17.0 Å². The molecule has 0 saturated carbocycles. The van der Waals surface area contributed by atoms with E-state index in [4.69, 9.17) is 0 Å². The van der Waals surface area contributed by atoms with Crippen molar-refractivity contribution in [2.45, 2.75) is 70.7 Å². The van der Waals surface area contributed by atoms with Gasteiger partial charge in [0.05, 0.1) is 12.0 Å². The summed E-state index contributed by atoms with van der Waals surface area (Å²) in [6, 6.07) is 2.80. The minimum atomic E-state index is -3.67. The third kappa shape index (κ3) is 5.20. The van der Waals surface area contributed by atoms with Crippen molar-refractivity contribution < 1.29 is 23.1 Å². The normalized spacial score (nSPS) is 18.0. The third-order valence-corrected chi connectivity index (χ3v) is 6.66. The van der Waals surface area contributed by atoms with Gasteiger partial charge in [0.1, 0.15) is 5.75 Å². The number of piperidine rings is 1. The second-order valence-corrected chi connectivity index (χ2v) is 8.14. The summed E-state index contributed by atoms with van der Waals surface area (Å²) in [6.07, 6.45) is 3.17. The van der Waals surface area contributed by atoms with Gasteiger partial charge in [0.2, 0.25) is 10.0 Å². The molecule has 1 heterocycles. The molecule has 1 aromatic rings. The highest BCUT2D eigenvalue weighted by Gasteiger charge is 2.34. The zero-order valence-corrected chi connectivity index (χ0v) is 17.2. The van der Waals surface area contributed by atoms with Crippen molar-refractivity contribution in [2.75, 3.05) is 13.7 Å². The average Bonchev–Trinajstić information content (AvgIpc) is 2.64. The summed E-state index contributed by atoms with van der Waals surface area (Å²) in [6.45, 7) is 7.81. The number of esters is 1. The number of methoxy groups -OCH3 is 1. The van der Waals surface area contributed by atoms with Crippen molar-refractivity contribution in [3.63, 3.8) is 0 Å². The standard InChI is InChI=1S/C17H25NO5S.C2H6/c1-12-11-16(13(2)10-15(12)19)24(21,22)18-9-5-4-6-14(18)7-8-17(20)23-3;1-2/h10-11,14,19H,4-9H2,1-3H3;1-2H3. The fraction of sp³-hybridized carbons (Fsp3) is 0.632. The van der Waals surface area contributed by atoms with Gasteiger partial charge in [-0.2, -0.15) is 4.31 Å². The number of sulfonamides is 1. The molecule has 1 aromatic carbocycles. The van der Waals surface area contributed by atoms with E-state index in [0.29, 0.717) is 24.1 Å². The number of nitrogens with zero attached hydrogens (tertiary/aromatic N) is 1. The van der Waals surface area contributed by atoms with Crippen LogP contribution in [0, 0.1) is 13.8 Å². The topological polar surface area (TPSA) is 83.9 Å². The number of phenols is 1. The molecular weight excluding hydrogens is 354 g/mol. The van der Waals surface area contributed by atoms with Crippen LogP contribution in [-0.4, -0.2) is 43.5 Å². The number of hydrogen-bond donors (Lipinski definition) is 1. The van der Waals surface area contributed by atoms with Gasteiger partial charge in [-0.25, -0.2) is 8.42 Å². The van der Waals surface area contributed by atoms with Crippen LogP contribution in [0.5, 0.6) is 5.75 Å². The van der Waals surface area contributed by atoms with Crippen LogP contribution < -0.4 is 0 Å². The van der Waals surface area contributed by atoms with Gasteiger partial charge in [-0.15, -0.1) is 0 Å². The van der Waals surface area contributed by atoms with E-state index in [9.17, 15) is 18.3 Å². The Kier molecular flexibility index (Phi) is 8.56. The Morgan fingerprint density at radius 2 is 1.88 bits per heavy atom. The Bertz CT molecular complexity index is 715. The molecule has 0 aromatic heterocycles. The van der Waals surface area contributed by atoms with Crippen LogP contribution >= 0.6 is 0 Å². The van der Waals surface area contributed by atoms with Crippen LogP contribution in [0.2, 0.25) is 0 Å². The summed E-state index contributed by atoms with van der Waals surface area (Å²) in [5.41, 5.74) is 1.05. The number of benzene rings is 1. The molecule has 0 spiro atoms. The summed E-state index contributed by atoms with van der Waals surface area (Å²) < 4.78 is 32.4. The first-order chi connectivity index (χ1) is 12.3. The van der Waals surface area contributed by atoms with E-state index >= 15 is 0 Å². The number of phenolic OH excluding ortho intramolecular Hbond substituents is 1. The zero-order chi connectivity index (χ0) is 19.9. The smallest absolute Gasteiger partial charge is 0.305 e. The van der Waals surface area contributed by atoms with Gasteiger partial charge in [-0.3, -0.25) is 4.79 Å². The Morgan fingerprint density at radius 3 is 2.50 bits per heavy atom. The first-order valence-corrected chi connectivity index (χ1v) is 10.6. The summed E-state index contributed by atoms with van der Waals surface area (Å²) in [5.74, 6) is -0.234. The van der Waals surface area contributed by atoms with E-state index in [1.165, 1.54) is 23.5 Å². The molecule has 7 heteroatoms. The van der Waals surface area contributed by atoms with E-state index in [-0.39, 0.29) is 29.1 Å². The van der Waals surface area contributed by atoms with Crippen LogP contribution in [0.3, 0.4) is 0 Å². The fourth-order valence-corrected chi connectivity index (χ4v) is 5.16. The minimum absolute atomic E-state index is 0.0901. The molecule has 26 heavy (non-hydrogen) atoms. The van der Waals surface area contributed by atoms with Crippen LogP contribution in [0.1, 0.15) is 57.1 Å². The monoisotopic (exact) mass is 385 g/mol. The highest BCUT2D eigenvalue weighted by atomic mass is 32.2. The second-order valence-electron chi connectivity index (χ2n) is 6.28. The molecule has 148 valence electrons. The fourth-order valence-electron chi connectivity index (χ4n) is 3.14. The summed E-state index contributed by atoms with van der Waals surface area (Å²) in [4.78, 5) is 11.6. The zero-order valence-electron chi connectivity index (χ0n) is 16.4. The minimum Gasteiger partial charge on any atom is -0.508 e. The Balaban J connectivity index is 0.00000163. The SMILES string of the molecule is CC.COC(=O)CCC1CCCCN1S(=O)(=O)c1cc(C)c(O)cc1C. The summed E-state index contributed by atoms with van der Waals surface area (Å²) in [5, 5.41) is 9.77. The number of ether oxygens (including phenoxy) is 1. The summed E-state index contributed by atoms with van der Waals surface area (Å²) in [7, 11) is -2.33. The number of carbonyl (C=O) groups excluding carboxylic acids is 1. The van der Waals surface area contributed by atoms with Gasteiger partial charge < -0.3 is 9.84 Å². The molecule has 1 N–H and O–H groups in total. The number of carbonyl (C=O) groups is 1.